The molecule has 3 nitrogen and oxygen atoms in total. The Labute approximate surface area is 134 Å². The maximum absolute atomic E-state index is 13.6. The fourth-order valence-electron chi connectivity index (χ4n) is 2.29. The summed E-state index contributed by atoms with van der Waals surface area (Å²) in [6, 6.07) is 10.3. The monoisotopic (exact) mass is 318 g/mol. The van der Waals surface area contributed by atoms with Gasteiger partial charge in [-0.15, -0.1) is 0 Å². The number of nitrogens with one attached hydrogen (secondary N) is 2. The first-order chi connectivity index (χ1) is 11.0. The molecule has 2 rings (SSSR count). The Hall–Kier alpha value is -2.43. The van der Waals surface area contributed by atoms with E-state index in [2.05, 4.69) is 10.6 Å². The highest BCUT2D eigenvalue weighted by Gasteiger charge is 2.13. The Balaban J connectivity index is 2.03. The molecule has 2 aromatic carbocycles. The molecule has 2 aromatic rings. The van der Waals surface area contributed by atoms with E-state index in [-0.39, 0.29) is 17.5 Å². The zero-order valence-electron chi connectivity index (χ0n) is 13.2. The molecule has 0 saturated carbocycles. The predicted molar refractivity (Wildman–Crippen MR) is 88.8 cm³/mol. The molecule has 122 valence electrons. The number of benzene rings is 2. The van der Waals surface area contributed by atoms with Crippen molar-refractivity contribution in [3.8, 4) is 0 Å². The lowest BCUT2D eigenvalue weighted by atomic mass is 10.0. The van der Waals surface area contributed by atoms with Gasteiger partial charge in [0, 0.05) is 23.4 Å². The largest absolute Gasteiger partial charge is 0.353 e. The third-order valence-electron chi connectivity index (χ3n) is 3.72. The molecule has 0 atom stereocenters. The summed E-state index contributed by atoms with van der Waals surface area (Å²) in [7, 11) is 0. The molecule has 0 fully saturated rings. The van der Waals surface area contributed by atoms with Gasteiger partial charge in [0.25, 0.3) is 0 Å². The van der Waals surface area contributed by atoms with Crippen molar-refractivity contribution in [2.75, 3.05) is 10.6 Å². The maximum Gasteiger partial charge on any atom is 0.227 e. The van der Waals surface area contributed by atoms with Crippen molar-refractivity contribution >= 4 is 23.0 Å². The van der Waals surface area contributed by atoms with Gasteiger partial charge in [0.05, 0.1) is 5.69 Å². The van der Waals surface area contributed by atoms with Crippen LogP contribution in [-0.2, 0) is 4.79 Å². The van der Waals surface area contributed by atoms with Crippen molar-refractivity contribution in [3.05, 3.63) is 54.1 Å². The van der Waals surface area contributed by atoms with E-state index in [4.69, 9.17) is 0 Å². The molecule has 0 aliphatic heterocycles. The number of halogens is 2. The van der Waals surface area contributed by atoms with Crippen molar-refractivity contribution in [3.63, 3.8) is 0 Å². The van der Waals surface area contributed by atoms with Crippen LogP contribution in [-0.4, -0.2) is 5.91 Å². The van der Waals surface area contributed by atoms with E-state index in [0.717, 1.165) is 18.9 Å². The summed E-state index contributed by atoms with van der Waals surface area (Å²) < 4.78 is 26.5. The highest BCUT2D eigenvalue weighted by molar-refractivity contribution is 5.92. The topological polar surface area (TPSA) is 41.1 Å². The molecule has 0 heterocycles. The second kappa shape index (κ2) is 7.72. The minimum Gasteiger partial charge on any atom is -0.353 e. The SMILES string of the molecule is CCC(CC)C(=O)Nc1ccc(Nc2ccc(F)cc2F)cc1. The first-order valence-corrected chi connectivity index (χ1v) is 7.66. The van der Waals surface area contributed by atoms with Gasteiger partial charge in [-0.05, 0) is 49.2 Å². The Morgan fingerprint density at radius 1 is 1.00 bits per heavy atom. The van der Waals surface area contributed by atoms with E-state index in [1.807, 2.05) is 13.8 Å². The molecule has 5 heteroatoms. The molecule has 1 amide bonds. The quantitative estimate of drug-likeness (QED) is 0.779. The van der Waals surface area contributed by atoms with Gasteiger partial charge in [-0.2, -0.15) is 0 Å². The van der Waals surface area contributed by atoms with Crippen LogP contribution in [0.4, 0.5) is 25.8 Å². The van der Waals surface area contributed by atoms with Crippen LogP contribution in [0.15, 0.2) is 42.5 Å². The van der Waals surface area contributed by atoms with Gasteiger partial charge < -0.3 is 10.6 Å². The first kappa shape index (κ1) is 16.9. The van der Waals surface area contributed by atoms with Crippen molar-refractivity contribution < 1.29 is 13.6 Å². The molecule has 0 radical (unpaired) electrons. The number of amides is 1. The van der Waals surface area contributed by atoms with Crippen LogP contribution in [0.5, 0.6) is 0 Å². The van der Waals surface area contributed by atoms with Gasteiger partial charge in [0.2, 0.25) is 5.91 Å². The standard InChI is InChI=1S/C18H20F2N2O/c1-3-12(4-2)18(23)22-15-8-6-14(7-9-15)21-17-10-5-13(19)11-16(17)20/h5-12,21H,3-4H2,1-2H3,(H,22,23). The summed E-state index contributed by atoms with van der Waals surface area (Å²) in [6.07, 6.45) is 1.59. The lowest BCUT2D eigenvalue weighted by Crippen LogP contribution is -2.21. The Morgan fingerprint density at radius 2 is 1.61 bits per heavy atom. The van der Waals surface area contributed by atoms with Crippen LogP contribution in [0.3, 0.4) is 0 Å². The van der Waals surface area contributed by atoms with Crippen LogP contribution < -0.4 is 10.6 Å². The Morgan fingerprint density at radius 3 is 2.17 bits per heavy atom. The third kappa shape index (κ3) is 4.52. The van der Waals surface area contributed by atoms with Gasteiger partial charge in [-0.25, -0.2) is 8.78 Å². The van der Waals surface area contributed by atoms with Gasteiger partial charge >= 0.3 is 0 Å². The normalized spacial score (nSPS) is 10.7. The summed E-state index contributed by atoms with van der Waals surface area (Å²) in [6.45, 7) is 3.97. The van der Waals surface area contributed by atoms with Crippen LogP contribution >= 0.6 is 0 Å². The molecule has 0 unspecified atom stereocenters. The fraction of sp³-hybridized carbons (Fsp3) is 0.278. The van der Waals surface area contributed by atoms with E-state index >= 15 is 0 Å². The average molecular weight is 318 g/mol. The number of carbonyl (C=O) groups is 1. The van der Waals surface area contributed by atoms with Crippen LogP contribution in [0, 0.1) is 17.6 Å². The number of carbonyl (C=O) groups excluding carboxylic acids is 1. The van der Waals surface area contributed by atoms with E-state index in [9.17, 15) is 13.6 Å². The van der Waals surface area contributed by atoms with Crippen LogP contribution in [0.1, 0.15) is 26.7 Å². The number of rotatable bonds is 6. The fourth-order valence-corrected chi connectivity index (χ4v) is 2.29. The van der Waals surface area contributed by atoms with Crippen molar-refractivity contribution in [2.45, 2.75) is 26.7 Å². The van der Waals surface area contributed by atoms with Gasteiger partial charge in [0.15, 0.2) is 0 Å². The van der Waals surface area contributed by atoms with Gasteiger partial charge in [0.1, 0.15) is 11.6 Å². The minimum atomic E-state index is -0.656. The number of hydrogen-bond acceptors (Lipinski definition) is 2. The lowest BCUT2D eigenvalue weighted by Gasteiger charge is -2.13. The zero-order valence-corrected chi connectivity index (χ0v) is 13.2. The van der Waals surface area contributed by atoms with Crippen molar-refractivity contribution in [1.82, 2.24) is 0 Å². The van der Waals surface area contributed by atoms with Crippen LogP contribution in [0.25, 0.3) is 0 Å². The second-order valence-electron chi connectivity index (χ2n) is 5.33. The smallest absolute Gasteiger partial charge is 0.227 e. The first-order valence-electron chi connectivity index (χ1n) is 7.66. The molecule has 0 aliphatic rings. The molecular formula is C18H20F2N2O. The molecular weight excluding hydrogens is 298 g/mol. The molecule has 0 aliphatic carbocycles. The molecule has 0 saturated heterocycles. The second-order valence-corrected chi connectivity index (χ2v) is 5.33. The number of anilines is 3. The zero-order chi connectivity index (χ0) is 16.8. The highest BCUT2D eigenvalue weighted by atomic mass is 19.1. The summed E-state index contributed by atoms with van der Waals surface area (Å²) >= 11 is 0. The predicted octanol–water partition coefficient (Wildman–Crippen LogP) is 5.08. The minimum absolute atomic E-state index is 0.000267. The Kier molecular flexibility index (Phi) is 5.68. The highest BCUT2D eigenvalue weighted by Crippen LogP contribution is 2.22. The van der Waals surface area contributed by atoms with Gasteiger partial charge in [-0.3, -0.25) is 4.79 Å². The lowest BCUT2D eigenvalue weighted by molar-refractivity contribution is -0.120. The molecule has 0 bridgehead atoms. The summed E-state index contributed by atoms with van der Waals surface area (Å²) in [5.74, 6) is -1.27. The van der Waals surface area contributed by atoms with E-state index < -0.39 is 11.6 Å². The van der Waals surface area contributed by atoms with Crippen LogP contribution in [0.2, 0.25) is 0 Å². The van der Waals surface area contributed by atoms with E-state index in [0.29, 0.717) is 11.4 Å². The summed E-state index contributed by atoms with van der Waals surface area (Å²) in [5, 5.41) is 5.73. The Bertz CT molecular complexity index is 667. The summed E-state index contributed by atoms with van der Waals surface area (Å²) in [5.41, 5.74) is 1.53. The molecule has 23 heavy (non-hydrogen) atoms. The van der Waals surface area contributed by atoms with E-state index in [1.54, 1.807) is 24.3 Å². The maximum atomic E-state index is 13.6. The van der Waals surface area contributed by atoms with Gasteiger partial charge in [-0.1, -0.05) is 13.8 Å². The van der Waals surface area contributed by atoms with Crippen molar-refractivity contribution in [1.29, 1.82) is 0 Å². The third-order valence-corrected chi connectivity index (χ3v) is 3.72. The van der Waals surface area contributed by atoms with E-state index in [1.165, 1.54) is 12.1 Å². The molecule has 0 aromatic heterocycles. The molecule has 0 spiro atoms. The van der Waals surface area contributed by atoms with Crippen molar-refractivity contribution in [2.24, 2.45) is 5.92 Å². The average Bonchev–Trinajstić information content (AvgIpc) is 2.53. The number of hydrogen-bond donors (Lipinski definition) is 2. The molecule has 2 N–H and O–H groups in total. The summed E-state index contributed by atoms with van der Waals surface area (Å²) in [4.78, 5) is 12.0.